The number of amides is 2. The number of carbonyl (C=O) groups excluding carboxylic acids is 2. The Morgan fingerprint density at radius 3 is 2.03 bits per heavy atom. The molecule has 2 amide bonds. The number of piperidine rings is 1. The lowest BCUT2D eigenvalue weighted by atomic mass is 9.72. The van der Waals surface area contributed by atoms with Gasteiger partial charge < -0.3 is 10.2 Å². The van der Waals surface area contributed by atoms with Crippen molar-refractivity contribution in [2.75, 3.05) is 13.1 Å². The van der Waals surface area contributed by atoms with Crippen LogP contribution in [0.1, 0.15) is 34.3 Å². The summed E-state index contributed by atoms with van der Waals surface area (Å²) in [4.78, 5) is 28.1. The molecule has 32 heavy (non-hydrogen) atoms. The Kier molecular flexibility index (Phi) is 6.64. The molecule has 0 spiro atoms. The average Bonchev–Trinajstić information content (AvgIpc) is 2.84. The SMILES string of the molecule is O=C(c1ccccc1)N1CCC(Cc2ccccc2)(C(=O)NCc2ccc(F)cc2)CC1. The van der Waals surface area contributed by atoms with E-state index < -0.39 is 5.41 Å². The highest BCUT2D eigenvalue weighted by Crippen LogP contribution is 2.36. The average molecular weight is 431 g/mol. The molecule has 0 radical (unpaired) electrons. The quantitative estimate of drug-likeness (QED) is 0.621. The van der Waals surface area contributed by atoms with E-state index in [9.17, 15) is 14.0 Å². The fourth-order valence-corrected chi connectivity index (χ4v) is 4.34. The van der Waals surface area contributed by atoms with Gasteiger partial charge in [0.2, 0.25) is 5.91 Å². The van der Waals surface area contributed by atoms with Gasteiger partial charge in [-0.15, -0.1) is 0 Å². The van der Waals surface area contributed by atoms with E-state index in [4.69, 9.17) is 0 Å². The van der Waals surface area contributed by atoms with Gasteiger partial charge in [0.15, 0.2) is 0 Å². The number of carbonyl (C=O) groups is 2. The van der Waals surface area contributed by atoms with Gasteiger partial charge >= 0.3 is 0 Å². The highest BCUT2D eigenvalue weighted by Gasteiger charge is 2.42. The Morgan fingerprint density at radius 1 is 0.812 bits per heavy atom. The van der Waals surface area contributed by atoms with Gasteiger partial charge in [-0.05, 0) is 54.7 Å². The standard InChI is InChI=1S/C27H27FN2O2/c28-24-13-11-22(12-14-24)20-29-26(32)27(19-21-7-3-1-4-8-21)15-17-30(18-16-27)25(31)23-9-5-2-6-10-23/h1-14H,15-20H2,(H,29,32). The first kappa shape index (κ1) is 21.8. The van der Waals surface area contributed by atoms with Gasteiger partial charge in [-0.1, -0.05) is 60.7 Å². The molecular weight excluding hydrogens is 403 g/mol. The number of benzene rings is 3. The fourth-order valence-electron chi connectivity index (χ4n) is 4.34. The Balaban J connectivity index is 1.48. The van der Waals surface area contributed by atoms with Crippen LogP contribution in [0.2, 0.25) is 0 Å². The maximum Gasteiger partial charge on any atom is 0.253 e. The van der Waals surface area contributed by atoms with E-state index >= 15 is 0 Å². The molecule has 1 aliphatic rings. The first-order valence-electron chi connectivity index (χ1n) is 11.0. The predicted molar refractivity (Wildman–Crippen MR) is 122 cm³/mol. The molecule has 4 rings (SSSR count). The third-order valence-electron chi connectivity index (χ3n) is 6.26. The molecule has 1 aliphatic heterocycles. The summed E-state index contributed by atoms with van der Waals surface area (Å²) in [7, 11) is 0. The first-order valence-corrected chi connectivity index (χ1v) is 11.0. The largest absolute Gasteiger partial charge is 0.352 e. The molecule has 0 unspecified atom stereocenters. The maximum atomic E-state index is 13.4. The Hall–Kier alpha value is -3.47. The van der Waals surface area contributed by atoms with E-state index in [1.807, 2.05) is 65.6 Å². The molecule has 5 heteroatoms. The molecule has 1 saturated heterocycles. The molecule has 164 valence electrons. The molecule has 1 fully saturated rings. The van der Waals surface area contributed by atoms with Crippen molar-refractivity contribution in [2.24, 2.45) is 5.41 Å². The zero-order valence-corrected chi connectivity index (χ0v) is 18.0. The van der Waals surface area contributed by atoms with Crippen molar-refractivity contribution in [1.29, 1.82) is 0 Å². The summed E-state index contributed by atoms with van der Waals surface area (Å²) in [6.45, 7) is 1.41. The summed E-state index contributed by atoms with van der Waals surface area (Å²) in [5.74, 6) is -0.306. The molecule has 0 atom stereocenters. The Labute approximate surface area is 188 Å². The van der Waals surface area contributed by atoms with E-state index in [0.717, 1.165) is 11.1 Å². The van der Waals surface area contributed by atoms with E-state index in [2.05, 4.69) is 5.32 Å². The van der Waals surface area contributed by atoms with E-state index in [1.165, 1.54) is 12.1 Å². The number of likely N-dealkylation sites (tertiary alicyclic amines) is 1. The molecule has 3 aromatic carbocycles. The third-order valence-corrected chi connectivity index (χ3v) is 6.26. The molecule has 1 N–H and O–H groups in total. The summed E-state index contributed by atoms with van der Waals surface area (Å²) in [6.07, 6.45) is 1.81. The smallest absolute Gasteiger partial charge is 0.253 e. The monoisotopic (exact) mass is 430 g/mol. The summed E-state index contributed by atoms with van der Waals surface area (Å²) >= 11 is 0. The van der Waals surface area contributed by atoms with Crippen LogP contribution in [0.15, 0.2) is 84.9 Å². The summed E-state index contributed by atoms with van der Waals surface area (Å²) < 4.78 is 13.2. The van der Waals surface area contributed by atoms with Crippen molar-refractivity contribution in [3.8, 4) is 0 Å². The number of hydrogen-bond donors (Lipinski definition) is 1. The number of rotatable bonds is 6. The summed E-state index contributed by atoms with van der Waals surface area (Å²) in [5.41, 5.74) is 2.04. The second-order valence-corrected chi connectivity index (χ2v) is 8.41. The molecular formula is C27H27FN2O2. The molecule has 0 aliphatic carbocycles. The number of halogens is 1. The molecule has 1 heterocycles. The van der Waals surface area contributed by atoms with E-state index in [1.54, 1.807) is 12.1 Å². The van der Waals surface area contributed by atoms with Crippen molar-refractivity contribution in [3.63, 3.8) is 0 Å². The zero-order chi connectivity index (χ0) is 22.4. The second kappa shape index (κ2) is 9.77. The van der Waals surface area contributed by atoms with Crippen molar-refractivity contribution in [3.05, 3.63) is 107 Å². The van der Waals surface area contributed by atoms with Crippen molar-refractivity contribution >= 4 is 11.8 Å². The van der Waals surface area contributed by atoms with Gasteiger partial charge in [-0.3, -0.25) is 9.59 Å². The topological polar surface area (TPSA) is 49.4 Å². The Bertz CT molecular complexity index is 1040. The van der Waals surface area contributed by atoms with Gasteiger partial charge in [0.25, 0.3) is 5.91 Å². The third kappa shape index (κ3) is 5.05. The van der Waals surface area contributed by atoms with Crippen LogP contribution in [0.3, 0.4) is 0 Å². The van der Waals surface area contributed by atoms with Crippen LogP contribution < -0.4 is 5.32 Å². The van der Waals surface area contributed by atoms with Crippen LogP contribution in [0, 0.1) is 11.2 Å². The van der Waals surface area contributed by atoms with Crippen molar-refractivity contribution < 1.29 is 14.0 Å². The predicted octanol–water partition coefficient (Wildman–Crippen LogP) is 4.61. The zero-order valence-electron chi connectivity index (χ0n) is 18.0. The Morgan fingerprint density at radius 2 is 1.41 bits per heavy atom. The summed E-state index contributed by atoms with van der Waals surface area (Å²) in [5, 5.41) is 3.06. The van der Waals surface area contributed by atoms with Gasteiger partial charge in [0.05, 0.1) is 5.41 Å². The van der Waals surface area contributed by atoms with Crippen molar-refractivity contribution in [1.82, 2.24) is 10.2 Å². The molecule has 3 aromatic rings. The number of hydrogen-bond acceptors (Lipinski definition) is 2. The van der Waals surface area contributed by atoms with Crippen LogP contribution >= 0.6 is 0 Å². The lowest BCUT2D eigenvalue weighted by Gasteiger charge is -2.41. The minimum Gasteiger partial charge on any atom is -0.352 e. The molecule has 0 bridgehead atoms. The summed E-state index contributed by atoms with van der Waals surface area (Å²) in [6, 6.07) is 25.4. The lowest BCUT2D eigenvalue weighted by Crippen LogP contribution is -2.51. The van der Waals surface area contributed by atoms with Gasteiger partial charge in [-0.2, -0.15) is 0 Å². The highest BCUT2D eigenvalue weighted by molar-refractivity contribution is 5.94. The number of nitrogens with one attached hydrogen (secondary N) is 1. The first-order chi connectivity index (χ1) is 15.6. The highest BCUT2D eigenvalue weighted by atomic mass is 19.1. The lowest BCUT2D eigenvalue weighted by molar-refractivity contribution is -0.133. The van der Waals surface area contributed by atoms with Crippen LogP contribution in [0.25, 0.3) is 0 Å². The number of nitrogens with zero attached hydrogens (tertiary/aromatic N) is 1. The van der Waals surface area contributed by atoms with Crippen LogP contribution in [-0.2, 0) is 17.8 Å². The van der Waals surface area contributed by atoms with Crippen molar-refractivity contribution in [2.45, 2.75) is 25.8 Å². The fraction of sp³-hybridized carbons (Fsp3) is 0.259. The van der Waals surface area contributed by atoms with Gasteiger partial charge in [0.1, 0.15) is 5.82 Å². The maximum absolute atomic E-state index is 13.4. The molecule has 0 aromatic heterocycles. The second-order valence-electron chi connectivity index (χ2n) is 8.41. The minimum atomic E-state index is -0.588. The van der Waals surface area contributed by atoms with Gasteiger partial charge in [-0.25, -0.2) is 4.39 Å². The van der Waals surface area contributed by atoms with Crippen LogP contribution in [0.5, 0.6) is 0 Å². The van der Waals surface area contributed by atoms with Crippen LogP contribution in [0.4, 0.5) is 4.39 Å². The normalized spacial score (nSPS) is 15.2. The minimum absolute atomic E-state index is 0.00521. The van der Waals surface area contributed by atoms with Gasteiger partial charge in [0, 0.05) is 25.2 Å². The van der Waals surface area contributed by atoms with E-state index in [0.29, 0.717) is 44.5 Å². The molecule has 4 nitrogen and oxygen atoms in total. The van der Waals surface area contributed by atoms with Crippen LogP contribution in [-0.4, -0.2) is 29.8 Å². The van der Waals surface area contributed by atoms with E-state index in [-0.39, 0.29) is 17.6 Å². The molecule has 0 saturated carbocycles.